The lowest BCUT2D eigenvalue weighted by Gasteiger charge is -2.42. The molecule has 8 heteroatoms. The van der Waals surface area contributed by atoms with Gasteiger partial charge in [0.25, 0.3) is 0 Å². The standard InChI is InChI=1S/C22H35N3O4S/c1-3-23-22(26)25-15-7-10-20(24-30(2,27)28)21(25)16-29-19-13-11-18(12-14-19)17-8-5-4-6-9-17/h4-6,8-9,18-21,24H,3,7,10-16H2,1-2H3,(H,23,26)/t18?,19?,20-,21-/m0/s1. The molecule has 2 fully saturated rings. The molecule has 30 heavy (non-hydrogen) atoms. The molecule has 1 aromatic rings. The second-order valence-corrected chi connectivity index (χ2v) is 10.2. The fourth-order valence-electron chi connectivity index (χ4n) is 4.70. The van der Waals surface area contributed by atoms with Crippen LogP contribution in [0.5, 0.6) is 0 Å². The molecule has 1 aliphatic heterocycles. The molecule has 0 bridgehead atoms. The van der Waals surface area contributed by atoms with Crippen LogP contribution in [0.4, 0.5) is 4.79 Å². The van der Waals surface area contributed by atoms with E-state index in [1.165, 1.54) is 11.8 Å². The number of piperidine rings is 1. The third-order valence-electron chi connectivity index (χ3n) is 6.18. The van der Waals surface area contributed by atoms with Crippen LogP contribution in [0, 0.1) is 0 Å². The van der Waals surface area contributed by atoms with Crippen LogP contribution >= 0.6 is 0 Å². The molecule has 1 heterocycles. The van der Waals surface area contributed by atoms with E-state index < -0.39 is 10.0 Å². The van der Waals surface area contributed by atoms with Gasteiger partial charge in [0.15, 0.2) is 0 Å². The van der Waals surface area contributed by atoms with Gasteiger partial charge >= 0.3 is 6.03 Å². The highest BCUT2D eigenvalue weighted by Gasteiger charge is 2.36. The fourth-order valence-corrected chi connectivity index (χ4v) is 5.53. The number of carbonyl (C=O) groups is 1. The molecule has 2 amide bonds. The summed E-state index contributed by atoms with van der Waals surface area (Å²) >= 11 is 0. The van der Waals surface area contributed by atoms with E-state index in [9.17, 15) is 13.2 Å². The number of ether oxygens (including phenoxy) is 1. The normalized spacial score (nSPS) is 27.6. The van der Waals surface area contributed by atoms with Gasteiger partial charge < -0.3 is 15.0 Å². The Labute approximate surface area is 180 Å². The quantitative estimate of drug-likeness (QED) is 0.687. The predicted molar refractivity (Wildman–Crippen MR) is 118 cm³/mol. The topological polar surface area (TPSA) is 87.7 Å². The maximum Gasteiger partial charge on any atom is 0.317 e. The first-order valence-corrected chi connectivity index (χ1v) is 12.9. The fraction of sp³-hybridized carbons (Fsp3) is 0.682. The molecule has 0 aromatic heterocycles. The molecule has 3 rings (SSSR count). The average Bonchev–Trinajstić information content (AvgIpc) is 2.73. The summed E-state index contributed by atoms with van der Waals surface area (Å²) in [5.41, 5.74) is 1.39. The molecule has 0 unspecified atom stereocenters. The highest BCUT2D eigenvalue weighted by molar-refractivity contribution is 7.88. The summed E-state index contributed by atoms with van der Waals surface area (Å²) in [4.78, 5) is 14.3. The molecule has 1 aromatic carbocycles. The number of likely N-dealkylation sites (tertiary alicyclic amines) is 1. The zero-order chi connectivity index (χ0) is 21.6. The molecule has 168 valence electrons. The highest BCUT2D eigenvalue weighted by Crippen LogP contribution is 2.34. The van der Waals surface area contributed by atoms with Crippen LogP contribution in [0.15, 0.2) is 30.3 Å². The minimum atomic E-state index is -3.36. The maximum absolute atomic E-state index is 12.6. The minimum Gasteiger partial charge on any atom is -0.376 e. The smallest absolute Gasteiger partial charge is 0.317 e. The first kappa shape index (κ1) is 23.0. The van der Waals surface area contributed by atoms with E-state index in [1.54, 1.807) is 4.90 Å². The number of hydrogen-bond acceptors (Lipinski definition) is 4. The zero-order valence-electron chi connectivity index (χ0n) is 18.0. The van der Waals surface area contributed by atoms with E-state index in [1.807, 2.05) is 13.0 Å². The van der Waals surface area contributed by atoms with Gasteiger partial charge in [-0.2, -0.15) is 0 Å². The van der Waals surface area contributed by atoms with Gasteiger partial charge in [-0.3, -0.25) is 0 Å². The van der Waals surface area contributed by atoms with Gasteiger partial charge in [0.05, 0.1) is 25.0 Å². The van der Waals surface area contributed by atoms with Crippen molar-refractivity contribution in [1.29, 1.82) is 0 Å². The Kier molecular flexibility index (Phi) is 8.13. The lowest BCUT2D eigenvalue weighted by Crippen LogP contribution is -2.60. The number of benzene rings is 1. The number of sulfonamides is 1. The molecule has 0 radical (unpaired) electrons. The SMILES string of the molecule is CCNC(=O)N1CCC[C@H](NS(C)(=O)=O)[C@@H]1COC1CCC(c2ccccc2)CC1. The van der Waals surface area contributed by atoms with E-state index in [0.717, 1.165) is 32.1 Å². The third-order valence-corrected chi connectivity index (χ3v) is 6.91. The third kappa shape index (κ3) is 6.43. The first-order chi connectivity index (χ1) is 14.4. The summed E-state index contributed by atoms with van der Waals surface area (Å²) in [5.74, 6) is 0.576. The van der Waals surface area contributed by atoms with E-state index in [4.69, 9.17) is 4.74 Å². The summed E-state index contributed by atoms with van der Waals surface area (Å²) in [7, 11) is -3.36. The van der Waals surface area contributed by atoms with E-state index in [-0.39, 0.29) is 24.2 Å². The van der Waals surface area contributed by atoms with Crippen molar-refractivity contribution in [3.63, 3.8) is 0 Å². The van der Waals surface area contributed by atoms with Crippen LogP contribution < -0.4 is 10.0 Å². The second-order valence-electron chi connectivity index (χ2n) is 8.45. The van der Waals surface area contributed by atoms with Gasteiger partial charge in [0.2, 0.25) is 10.0 Å². The highest BCUT2D eigenvalue weighted by atomic mass is 32.2. The van der Waals surface area contributed by atoms with Crippen molar-refractivity contribution in [2.24, 2.45) is 0 Å². The molecular weight excluding hydrogens is 402 g/mol. The van der Waals surface area contributed by atoms with E-state index >= 15 is 0 Å². The lowest BCUT2D eigenvalue weighted by molar-refractivity contribution is -0.0173. The van der Waals surface area contributed by atoms with Crippen molar-refractivity contribution in [3.8, 4) is 0 Å². The number of hydrogen-bond donors (Lipinski definition) is 2. The number of rotatable bonds is 7. The Balaban J connectivity index is 1.59. The zero-order valence-corrected chi connectivity index (χ0v) is 18.9. The van der Waals surface area contributed by atoms with Gasteiger partial charge in [-0.1, -0.05) is 30.3 Å². The monoisotopic (exact) mass is 437 g/mol. The number of amides is 2. The number of carbonyl (C=O) groups excluding carboxylic acids is 1. The molecule has 2 aliphatic rings. The summed E-state index contributed by atoms with van der Waals surface area (Å²) in [5, 5.41) is 2.84. The first-order valence-electron chi connectivity index (χ1n) is 11.1. The van der Waals surface area contributed by atoms with Crippen LogP contribution in [0.25, 0.3) is 0 Å². The van der Waals surface area contributed by atoms with Crippen molar-refractivity contribution in [1.82, 2.24) is 14.9 Å². The van der Waals surface area contributed by atoms with Crippen molar-refractivity contribution in [2.75, 3.05) is 26.0 Å². The van der Waals surface area contributed by atoms with Gasteiger partial charge in [-0.25, -0.2) is 17.9 Å². The predicted octanol–water partition coefficient (Wildman–Crippen LogP) is 2.84. The van der Waals surface area contributed by atoms with Crippen LogP contribution in [-0.2, 0) is 14.8 Å². The Morgan fingerprint density at radius 3 is 2.47 bits per heavy atom. The van der Waals surface area contributed by atoms with Gasteiger partial charge in [0, 0.05) is 19.1 Å². The van der Waals surface area contributed by atoms with Crippen molar-refractivity contribution in [3.05, 3.63) is 35.9 Å². The molecule has 2 N–H and O–H groups in total. The van der Waals surface area contributed by atoms with Crippen LogP contribution in [0.1, 0.15) is 56.9 Å². The average molecular weight is 438 g/mol. The van der Waals surface area contributed by atoms with Crippen LogP contribution in [0.3, 0.4) is 0 Å². The summed E-state index contributed by atoms with van der Waals surface area (Å²) in [6.07, 6.45) is 6.94. The second kappa shape index (κ2) is 10.6. The molecule has 1 saturated carbocycles. The minimum absolute atomic E-state index is 0.154. The molecular formula is C22H35N3O4S. The summed E-state index contributed by atoms with van der Waals surface area (Å²) < 4.78 is 32.7. The number of urea groups is 1. The maximum atomic E-state index is 12.6. The van der Waals surface area contributed by atoms with E-state index in [2.05, 4.69) is 34.3 Å². The van der Waals surface area contributed by atoms with Gasteiger partial charge in [-0.05, 0) is 56.9 Å². The van der Waals surface area contributed by atoms with Crippen molar-refractivity contribution in [2.45, 2.75) is 69.6 Å². The number of nitrogens with zero attached hydrogens (tertiary/aromatic N) is 1. The molecule has 7 nitrogen and oxygen atoms in total. The van der Waals surface area contributed by atoms with Crippen LogP contribution in [0.2, 0.25) is 0 Å². The van der Waals surface area contributed by atoms with Crippen molar-refractivity contribution >= 4 is 16.1 Å². The lowest BCUT2D eigenvalue weighted by atomic mass is 9.83. The van der Waals surface area contributed by atoms with Crippen LogP contribution in [-0.4, -0.2) is 63.5 Å². The number of nitrogens with one attached hydrogen (secondary N) is 2. The Bertz CT molecular complexity index is 779. The van der Waals surface area contributed by atoms with E-state index in [0.29, 0.717) is 32.0 Å². The Hall–Kier alpha value is -1.64. The largest absolute Gasteiger partial charge is 0.376 e. The van der Waals surface area contributed by atoms with Gasteiger partial charge in [0.1, 0.15) is 0 Å². The Morgan fingerprint density at radius 2 is 1.83 bits per heavy atom. The summed E-state index contributed by atoms with van der Waals surface area (Å²) in [6, 6.07) is 9.84. The molecule has 0 spiro atoms. The van der Waals surface area contributed by atoms with Gasteiger partial charge in [-0.15, -0.1) is 0 Å². The molecule has 1 saturated heterocycles. The summed E-state index contributed by atoms with van der Waals surface area (Å²) in [6.45, 7) is 3.38. The Morgan fingerprint density at radius 1 is 1.13 bits per heavy atom. The molecule has 1 aliphatic carbocycles. The molecule has 2 atom stereocenters. The van der Waals surface area contributed by atoms with Crippen molar-refractivity contribution < 1.29 is 17.9 Å².